The average Bonchev–Trinajstić information content (AvgIpc) is 2.82. The highest BCUT2D eigenvalue weighted by molar-refractivity contribution is 5.33. The topological polar surface area (TPSA) is 52.0 Å². The summed E-state index contributed by atoms with van der Waals surface area (Å²) in [6, 6.07) is 8.03. The average molecular weight is 246 g/mol. The number of hydrogen-bond acceptors (Lipinski definition) is 4. The lowest BCUT2D eigenvalue weighted by atomic mass is 10.0. The predicted molar refractivity (Wildman–Crippen MR) is 69.5 cm³/mol. The Kier molecular flexibility index (Phi) is 3.94. The molecule has 1 aromatic carbocycles. The normalized spacial score (nSPS) is 12.4. The summed E-state index contributed by atoms with van der Waals surface area (Å²) < 4.78 is 5.26. The number of rotatable bonds is 5. The Morgan fingerprint density at radius 2 is 2.28 bits per heavy atom. The maximum atomic E-state index is 5.26. The van der Waals surface area contributed by atoms with E-state index in [1.807, 2.05) is 25.2 Å². The van der Waals surface area contributed by atoms with Gasteiger partial charge < -0.3 is 10.1 Å². The molecule has 96 valence electrons. The van der Waals surface area contributed by atoms with Crippen LogP contribution in [-0.4, -0.2) is 28.6 Å². The highest BCUT2D eigenvalue weighted by atomic mass is 16.5. The van der Waals surface area contributed by atoms with Crippen LogP contribution in [0.2, 0.25) is 0 Å². The van der Waals surface area contributed by atoms with Crippen LogP contribution in [0.3, 0.4) is 0 Å². The third-order valence-electron chi connectivity index (χ3n) is 2.75. The number of benzene rings is 1. The van der Waals surface area contributed by atoms with E-state index in [1.54, 1.807) is 18.1 Å². The monoisotopic (exact) mass is 246 g/mol. The lowest BCUT2D eigenvalue weighted by molar-refractivity contribution is 0.413. The van der Waals surface area contributed by atoms with E-state index in [1.165, 1.54) is 0 Å². The molecule has 1 N–H and O–H groups in total. The van der Waals surface area contributed by atoms with Crippen molar-refractivity contribution in [2.24, 2.45) is 7.05 Å². The number of methoxy groups -OCH3 is 1. The zero-order chi connectivity index (χ0) is 13.0. The van der Waals surface area contributed by atoms with Gasteiger partial charge in [0.1, 0.15) is 11.4 Å². The maximum absolute atomic E-state index is 5.26. The predicted octanol–water partition coefficient (Wildman–Crippen LogP) is 1.52. The fourth-order valence-electron chi connectivity index (χ4n) is 1.91. The number of nitrogens with one attached hydrogen (secondary N) is 1. The molecule has 5 heteroatoms. The molecule has 0 amide bonds. The van der Waals surface area contributed by atoms with Gasteiger partial charge in [0.25, 0.3) is 0 Å². The van der Waals surface area contributed by atoms with Gasteiger partial charge in [-0.2, -0.15) is 15.0 Å². The minimum absolute atomic E-state index is 0.0406. The van der Waals surface area contributed by atoms with Crippen LogP contribution in [0.4, 0.5) is 0 Å². The number of hydrogen-bond donors (Lipinski definition) is 1. The Hall–Kier alpha value is -1.88. The first-order valence-electron chi connectivity index (χ1n) is 5.98. The summed E-state index contributed by atoms with van der Waals surface area (Å²) in [4.78, 5) is 1.57. The Balaban J connectivity index is 2.34. The molecular formula is C13H18N4O. The molecule has 0 aliphatic heterocycles. The van der Waals surface area contributed by atoms with Gasteiger partial charge in [0.2, 0.25) is 0 Å². The zero-order valence-corrected chi connectivity index (χ0v) is 10.9. The van der Waals surface area contributed by atoms with Crippen molar-refractivity contribution in [3.63, 3.8) is 0 Å². The molecule has 0 fully saturated rings. The van der Waals surface area contributed by atoms with E-state index in [-0.39, 0.29) is 6.04 Å². The van der Waals surface area contributed by atoms with Crippen molar-refractivity contribution in [3.8, 4) is 5.75 Å². The molecule has 0 saturated carbocycles. The molecule has 1 atom stereocenters. The molecule has 2 rings (SSSR count). The van der Waals surface area contributed by atoms with Crippen LogP contribution >= 0.6 is 0 Å². The zero-order valence-electron chi connectivity index (χ0n) is 10.9. The number of nitrogens with zero attached hydrogens (tertiary/aromatic N) is 3. The molecule has 1 unspecified atom stereocenters. The lowest BCUT2D eigenvalue weighted by Crippen LogP contribution is -2.22. The Bertz CT molecular complexity index is 509. The Morgan fingerprint density at radius 3 is 2.89 bits per heavy atom. The maximum Gasteiger partial charge on any atom is 0.119 e. The van der Waals surface area contributed by atoms with Crippen molar-refractivity contribution in [1.29, 1.82) is 0 Å². The van der Waals surface area contributed by atoms with Crippen LogP contribution in [0.5, 0.6) is 5.75 Å². The lowest BCUT2D eigenvalue weighted by Gasteiger charge is -2.16. The molecule has 5 nitrogen and oxygen atoms in total. The largest absolute Gasteiger partial charge is 0.497 e. The van der Waals surface area contributed by atoms with E-state index in [4.69, 9.17) is 4.74 Å². The Morgan fingerprint density at radius 1 is 1.44 bits per heavy atom. The van der Waals surface area contributed by atoms with E-state index in [0.29, 0.717) is 0 Å². The van der Waals surface area contributed by atoms with Gasteiger partial charge in [-0.25, -0.2) is 0 Å². The molecule has 18 heavy (non-hydrogen) atoms. The quantitative estimate of drug-likeness (QED) is 0.869. The van der Waals surface area contributed by atoms with Gasteiger partial charge in [-0.15, -0.1) is 0 Å². The van der Waals surface area contributed by atoms with Crippen molar-refractivity contribution < 1.29 is 4.74 Å². The van der Waals surface area contributed by atoms with Crippen molar-refractivity contribution in [1.82, 2.24) is 20.3 Å². The van der Waals surface area contributed by atoms with Gasteiger partial charge in [0.05, 0.1) is 19.3 Å². The van der Waals surface area contributed by atoms with Crippen LogP contribution in [0, 0.1) is 0 Å². The molecule has 0 radical (unpaired) electrons. The summed E-state index contributed by atoms with van der Waals surface area (Å²) >= 11 is 0. The molecule has 2 aromatic rings. The fraction of sp³-hybridized carbons (Fsp3) is 0.385. The van der Waals surface area contributed by atoms with E-state index >= 15 is 0 Å². The SMILES string of the molecule is CCNC(c1cccc(OC)c1)c1cnn(C)n1. The second-order valence-corrected chi connectivity index (χ2v) is 4.03. The van der Waals surface area contributed by atoms with Crippen molar-refractivity contribution in [3.05, 3.63) is 41.7 Å². The van der Waals surface area contributed by atoms with Crippen LogP contribution in [-0.2, 0) is 7.05 Å². The van der Waals surface area contributed by atoms with E-state index in [0.717, 1.165) is 23.6 Å². The van der Waals surface area contributed by atoms with Gasteiger partial charge in [0.15, 0.2) is 0 Å². The summed E-state index contributed by atoms with van der Waals surface area (Å²) in [5.74, 6) is 0.847. The van der Waals surface area contributed by atoms with Crippen molar-refractivity contribution >= 4 is 0 Å². The van der Waals surface area contributed by atoms with Gasteiger partial charge in [-0.05, 0) is 24.2 Å². The molecule has 0 spiro atoms. The summed E-state index contributed by atoms with van der Waals surface area (Å²) in [7, 11) is 3.49. The van der Waals surface area contributed by atoms with E-state index < -0.39 is 0 Å². The van der Waals surface area contributed by atoms with Crippen LogP contribution in [0.25, 0.3) is 0 Å². The molecule has 1 heterocycles. The van der Waals surface area contributed by atoms with Crippen LogP contribution in [0.1, 0.15) is 24.2 Å². The minimum Gasteiger partial charge on any atom is -0.497 e. The molecule has 0 saturated heterocycles. The van der Waals surface area contributed by atoms with Gasteiger partial charge >= 0.3 is 0 Å². The standard InChI is InChI=1S/C13H18N4O/c1-4-14-13(12-9-15-17(2)16-12)10-6-5-7-11(8-10)18-3/h5-9,13-14H,4H2,1-3H3. The van der Waals surface area contributed by atoms with Crippen LogP contribution < -0.4 is 10.1 Å². The molecule has 0 bridgehead atoms. The van der Waals surface area contributed by atoms with Gasteiger partial charge in [-0.3, -0.25) is 0 Å². The molecule has 0 aliphatic rings. The van der Waals surface area contributed by atoms with Crippen molar-refractivity contribution in [2.45, 2.75) is 13.0 Å². The highest BCUT2D eigenvalue weighted by Crippen LogP contribution is 2.23. The number of ether oxygens (including phenoxy) is 1. The third-order valence-corrected chi connectivity index (χ3v) is 2.75. The van der Waals surface area contributed by atoms with E-state index in [9.17, 15) is 0 Å². The minimum atomic E-state index is 0.0406. The second kappa shape index (κ2) is 5.64. The van der Waals surface area contributed by atoms with Gasteiger partial charge in [-0.1, -0.05) is 19.1 Å². The first kappa shape index (κ1) is 12.6. The van der Waals surface area contributed by atoms with Gasteiger partial charge in [0, 0.05) is 7.05 Å². The number of aryl methyl sites for hydroxylation is 1. The number of aromatic nitrogens is 3. The summed E-state index contributed by atoms with van der Waals surface area (Å²) in [5.41, 5.74) is 2.03. The third kappa shape index (κ3) is 2.68. The molecule has 0 aliphatic carbocycles. The first-order chi connectivity index (χ1) is 8.74. The highest BCUT2D eigenvalue weighted by Gasteiger charge is 2.16. The van der Waals surface area contributed by atoms with Crippen LogP contribution in [0.15, 0.2) is 30.5 Å². The smallest absolute Gasteiger partial charge is 0.119 e. The Labute approximate surface area is 107 Å². The summed E-state index contributed by atoms with van der Waals surface area (Å²) in [5, 5.41) is 11.9. The second-order valence-electron chi connectivity index (χ2n) is 4.03. The van der Waals surface area contributed by atoms with Crippen molar-refractivity contribution in [2.75, 3.05) is 13.7 Å². The van der Waals surface area contributed by atoms with E-state index in [2.05, 4.69) is 28.5 Å². The molecular weight excluding hydrogens is 228 g/mol. The summed E-state index contributed by atoms with van der Waals surface area (Å²) in [6.45, 7) is 2.93. The summed E-state index contributed by atoms with van der Waals surface area (Å²) in [6.07, 6.45) is 1.78. The fourth-order valence-corrected chi connectivity index (χ4v) is 1.91. The first-order valence-corrected chi connectivity index (χ1v) is 5.98. The molecule has 1 aromatic heterocycles.